The first-order valence-corrected chi connectivity index (χ1v) is 7.70. The number of aromatic nitrogens is 1. The summed E-state index contributed by atoms with van der Waals surface area (Å²) in [6.07, 6.45) is 3.71. The van der Waals surface area contributed by atoms with Crippen LogP contribution in [0.3, 0.4) is 0 Å². The smallest absolute Gasteiger partial charge is 0.222 e. The highest BCUT2D eigenvalue weighted by Gasteiger charge is 2.49. The fourth-order valence-electron chi connectivity index (χ4n) is 3.12. The first kappa shape index (κ1) is 16.1. The third-order valence-electron chi connectivity index (χ3n) is 4.62. The van der Waals surface area contributed by atoms with Gasteiger partial charge in [0.15, 0.2) is 0 Å². The summed E-state index contributed by atoms with van der Waals surface area (Å²) < 4.78 is 5.85. The molecule has 0 saturated heterocycles. The van der Waals surface area contributed by atoms with Crippen LogP contribution in [0, 0.1) is 0 Å². The van der Waals surface area contributed by atoms with Gasteiger partial charge in [-0.3, -0.25) is 0 Å². The van der Waals surface area contributed by atoms with E-state index in [-0.39, 0.29) is 17.4 Å². The van der Waals surface area contributed by atoms with Crippen molar-refractivity contribution in [2.75, 3.05) is 0 Å². The molecule has 0 radical (unpaired) electrons. The third-order valence-corrected chi connectivity index (χ3v) is 4.62. The van der Waals surface area contributed by atoms with Gasteiger partial charge in [-0.1, -0.05) is 18.2 Å². The second kappa shape index (κ2) is 5.67. The van der Waals surface area contributed by atoms with E-state index in [0.29, 0.717) is 16.7 Å². The summed E-state index contributed by atoms with van der Waals surface area (Å²) >= 11 is 0. The summed E-state index contributed by atoms with van der Waals surface area (Å²) in [6, 6.07) is 6.43. The number of aromatic hydroxyl groups is 2. The molecule has 0 aliphatic carbocycles. The third kappa shape index (κ3) is 2.24. The second-order valence-corrected chi connectivity index (χ2v) is 6.18. The first-order valence-electron chi connectivity index (χ1n) is 7.70. The number of fused-ring (bicyclic) bond motifs is 1. The van der Waals surface area contributed by atoms with Crippen LogP contribution in [0.4, 0.5) is 0 Å². The Morgan fingerprint density at radius 3 is 2.54 bits per heavy atom. The number of phenolic OH excluding ortho intramolecular Hbond substituents is 1. The molecule has 2 N–H and O–H groups in total. The fourth-order valence-corrected chi connectivity index (χ4v) is 3.12. The predicted molar refractivity (Wildman–Crippen MR) is 90.3 cm³/mol. The number of benzene rings is 1. The molecule has 0 unspecified atom stereocenters. The van der Waals surface area contributed by atoms with E-state index in [9.17, 15) is 15.0 Å². The average Bonchev–Trinajstić information content (AvgIpc) is 2.90. The molecular weight excluding hydrogens is 306 g/mol. The number of carbonyl (C=O) groups excluding carboxylic acids is 1. The number of aldehydes is 1. The number of hydrogen-bond acceptors (Lipinski definition) is 5. The minimum absolute atomic E-state index is 0.0216. The average molecular weight is 325 g/mol. The van der Waals surface area contributed by atoms with Crippen molar-refractivity contribution in [2.24, 2.45) is 0 Å². The molecule has 24 heavy (non-hydrogen) atoms. The van der Waals surface area contributed by atoms with Crippen LogP contribution < -0.4 is 4.74 Å². The zero-order chi connectivity index (χ0) is 17.5. The van der Waals surface area contributed by atoms with E-state index in [1.165, 1.54) is 18.3 Å². The van der Waals surface area contributed by atoms with Crippen LogP contribution >= 0.6 is 0 Å². The number of nitrogens with zero attached hydrogens (tertiary/aromatic N) is 1. The van der Waals surface area contributed by atoms with Gasteiger partial charge in [0.05, 0.1) is 11.0 Å². The molecule has 3 rings (SSSR count). The Hall–Kier alpha value is -2.82. The van der Waals surface area contributed by atoms with Crippen molar-refractivity contribution in [3.05, 3.63) is 47.7 Å². The minimum Gasteiger partial charge on any atom is -0.508 e. The summed E-state index contributed by atoms with van der Waals surface area (Å²) in [7, 11) is 0. The molecule has 1 aromatic carbocycles. The Balaban J connectivity index is 2.18. The lowest BCUT2D eigenvalue weighted by molar-refractivity contribution is -0.113. The minimum atomic E-state index is -1.02. The van der Waals surface area contributed by atoms with Gasteiger partial charge in [-0.05, 0) is 44.0 Å². The highest BCUT2D eigenvalue weighted by Crippen LogP contribution is 2.50. The Bertz CT molecular complexity index is 826. The van der Waals surface area contributed by atoms with E-state index in [1.807, 2.05) is 19.9 Å². The lowest BCUT2D eigenvalue weighted by atomic mass is 9.77. The zero-order valence-electron chi connectivity index (χ0n) is 13.8. The second-order valence-electron chi connectivity index (χ2n) is 6.18. The summed E-state index contributed by atoms with van der Waals surface area (Å²) in [5, 5.41) is 20.2. The van der Waals surface area contributed by atoms with Gasteiger partial charge in [0.25, 0.3) is 0 Å². The van der Waals surface area contributed by atoms with Crippen LogP contribution in [-0.2, 0) is 10.2 Å². The monoisotopic (exact) mass is 325 g/mol. The number of ether oxygens (including phenoxy) is 1. The number of carbonyl (C=O) groups is 1. The van der Waals surface area contributed by atoms with Crippen molar-refractivity contribution in [2.45, 2.75) is 32.3 Å². The molecule has 1 aliphatic rings. The molecule has 2 atom stereocenters. The van der Waals surface area contributed by atoms with Gasteiger partial charge in [0.1, 0.15) is 23.9 Å². The molecule has 124 valence electrons. The van der Waals surface area contributed by atoms with Crippen LogP contribution in [0.15, 0.2) is 42.1 Å². The van der Waals surface area contributed by atoms with Gasteiger partial charge >= 0.3 is 0 Å². The first-order chi connectivity index (χ1) is 11.4. The number of hydrogen-bond donors (Lipinski definition) is 2. The van der Waals surface area contributed by atoms with Crippen molar-refractivity contribution < 1.29 is 19.7 Å². The van der Waals surface area contributed by atoms with Gasteiger partial charge in [0.2, 0.25) is 5.88 Å². The van der Waals surface area contributed by atoms with E-state index in [2.05, 4.69) is 4.98 Å². The van der Waals surface area contributed by atoms with Crippen molar-refractivity contribution >= 4 is 6.29 Å². The van der Waals surface area contributed by atoms with Gasteiger partial charge in [-0.25, -0.2) is 4.98 Å². The Morgan fingerprint density at radius 1 is 1.29 bits per heavy atom. The van der Waals surface area contributed by atoms with Gasteiger partial charge < -0.3 is 19.7 Å². The van der Waals surface area contributed by atoms with E-state index in [1.54, 1.807) is 19.1 Å². The quantitative estimate of drug-likeness (QED) is 0.668. The van der Waals surface area contributed by atoms with Crippen molar-refractivity contribution in [3.63, 3.8) is 0 Å². The van der Waals surface area contributed by atoms with Crippen LogP contribution in [0.5, 0.6) is 17.4 Å². The number of phenols is 1. The molecule has 0 spiro atoms. The molecule has 1 aliphatic heterocycles. The SMILES string of the molecule is C/C=C(\C)[C@H]1Oc2ncc(-c3ccc(O)cc3)c(O)c2[C@@]1(C)C=O. The summed E-state index contributed by atoms with van der Waals surface area (Å²) in [5.41, 5.74) is 1.46. The van der Waals surface area contributed by atoms with Crippen LogP contribution in [0.2, 0.25) is 0 Å². The van der Waals surface area contributed by atoms with E-state index < -0.39 is 11.5 Å². The highest BCUT2D eigenvalue weighted by molar-refractivity contribution is 5.81. The Morgan fingerprint density at radius 2 is 1.96 bits per heavy atom. The number of allylic oxidation sites excluding steroid dienone is 1. The fraction of sp³-hybridized carbons (Fsp3) is 0.263. The zero-order valence-corrected chi connectivity index (χ0v) is 13.8. The summed E-state index contributed by atoms with van der Waals surface area (Å²) in [5.74, 6) is 0.389. The number of rotatable bonds is 3. The standard InChI is InChI=1S/C19H19NO4/c1-4-11(2)17-19(3,10-21)15-16(23)14(9-20-18(15)24-17)12-5-7-13(22)8-6-12/h4-10,17,22H,1-3H3,(H,20,23)/b11-4+/t17-,19-/m1/s1. The number of pyridine rings is 1. The van der Waals surface area contributed by atoms with E-state index in [4.69, 9.17) is 4.74 Å². The topological polar surface area (TPSA) is 79.7 Å². The molecule has 0 amide bonds. The largest absolute Gasteiger partial charge is 0.508 e. The molecule has 0 saturated carbocycles. The van der Waals surface area contributed by atoms with E-state index >= 15 is 0 Å². The van der Waals surface area contributed by atoms with Crippen LogP contribution in [-0.4, -0.2) is 27.6 Å². The van der Waals surface area contributed by atoms with E-state index in [0.717, 1.165) is 11.9 Å². The van der Waals surface area contributed by atoms with Gasteiger partial charge in [0, 0.05) is 11.8 Å². The van der Waals surface area contributed by atoms with Crippen molar-refractivity contribution in [1.29, 1.82) is 0 Å². The molecule has 2 heterocycles. The summed E-state index contributed by atoms with van der Waals surface area (Å²) in [6.45, 7) is 5.50. The lowest BCUT2D eigenvalue weighted by Crippen LogP contribution is -2.37. The lowest BCUT2D eigenvalue weighted by Gasteiger charge is -2.25. The molecular formula is C19H19NO4. The molecule has 1 aromatic heterocycles. The summed E-state index contributed by atoms with van der Waals surface area (Å²) in [4.78, 5) is 16.2. The van der Waals surface area contributed by atoms with Crippen LogP contribution in [0.25, 0.3) is 11.1 Å². The molecule has 5 heteroatoms. The van der Waals surface area contributed by atoms with Gasteiger partial charge in [-0.15, -0.1) is 0 Å². The molecule has 0 bridgehead atoms. The maximum atomic E-state index is 11.9. The maximum Gasteiger partial charge on any atom is 0.222 e. The highest BCUT2D eigenvalue weighted by atomic mass is 16.5. The van der Waals surface area contributed by atoms with Gasteiger partial charge in [-0.2, -0.15) is 0 Å². The predicted octanol–water partition coefficient (Wildman–Crippen LogP) is 3.34. The molecule has 2 aromatic rings. The van der Waals surface area contributed by atoms with Crippen molar-refractivity contribution in [1.82, 2.24) is 4.98 Å². The Labute approximate surface area is 140 Å². The molecule has 0 fully saturated rings. The normalized spacial score (nSPS) is 22.8. The maximum absolute atomic E-state index is 11.9. The Kier molecular flexibility index (Phi) is 3.79. The van der Waals surface area contributed by atoms with Crippen molar-refractivity contribution in [3.8, 4) is 28.5 Å². The molecule has 5 nitrogen and oxygen atoms in total. The van der Waals surface area contributed by atoms with Crippen LogP contribution in [0.1, 0.15) is 26.3 Å².